The molecule has 24 heavy (non-hydrogen) atoms. The van der Waals surface area contributed by atoms with Crippen LogP contribution in [-0.4, -0.2) is 35.7 Å². The van der Waals surface area contributed by atoms with Gasteiger partial charge in [-0.2, -0.15) is 0 Å². The lowest BCUT2D eigenvalue weighted by Gasteiger charge is -2.28. The van der Waals surface area contributed by atoms with E-state index in [4.69, 9.17) is 9.47 Å². The summed E-state index contributed by atoms with van der Waals surface area (Å²) in [5.74, 6) is -0.160. The SMILES string of the molecule is CC[C@H](C)CN(CC(=O)OCc1ccccc1)C(=O)OC(C)(C)C. The zero-order chi connectivity index (χ0) is 18.2. The maximum absolute atomic E-state index is 12.3. The van der Waals surface area contributed by atoms with Gasteiger partial charge in [0.2, 0.25) is 0 Å². The smallest absolute Gasteiger partial charge is 0.410 e. The predicted molar refractivity (Wildman–Crippen MR) is 93.5 cm³/mol. The molecule has 5 nitrogen and oxygen atoms in total. The molecule has 1 aromatic carbocycles. The highest BCUT2D eigenvalue weighted by Crippen LogP contribution is 2.13. The molecule has 0 unspecified atom stereocenters. The highest BCUT2D eigenvalue weighted by atomic mass is 16.6. The topological polar surface area (TPSA) is 55.8 Å². The molecule has 1 atom stereocenters. The van der Waals surface area contributed by atoms with Crippen molar-refractivity contribution in [3.8, 4) is 0 Å². The number of esters is 1. The van der Waals surface area contributed by atoms with E-state index in [0.717, 1.165) is 12.0 Å². The fraction of sp³-hybridized carbons (Fsp3) is 0.579. The lowest BCUT2D eigenvalue weighted by molar-refractivity contribution is -0.146. The Morgan fingerprint density at radius 3 is 2.33 bits per heavy atom. The average molecular weight is 335 g/mol. The summed E-state index contributed by atoms with van der Waals surface area (Å²) in [6.07, 6.45) is 0.428. The normalized spacial score (nSPS) is 12.4. The molecule has 0 spiro atoms. The molecule has 1 aromatic rings. The van der Waals surface area contributed by atoms with Gasteiger partial charge in [0.15, 0.2) is 0 Å². The molecule has 0 fully saturated rings. The van der Waals surface area contributed by atoms with Crippen molar-refractivity contribution in [2.45, 2.75) is 53.2 Å². The van der Waals surface area contributed by atoms with Gasteiger partial charge in [0.05, 0.1) is 0 Å². The van der Waals surface area contributed by atoms with Gasteiger partial charge < -0.3 is 9.47 Å². The first-order valence-corrected chi connectivity index (χ1v) is 8.38. The standard InChI is InChI=1S/C19H29NO4/c1-6-15(2)12-20(18(22)24-19(3,4)5)13-17(21)23-14-16-10-8-7-9-11-16/h7-11,15H,6,12-14H2,1-5H3/t15-/m0/s1. The van der Waals surface area contributed by atoms with E-state index in [9.17, 15) is 9.59 Å². The van der Waals surface area contributed by atoms with E-state index in [1.807, 2.05) is 44.2 Å². The first kappa shape index (κ1) is 20.0. The minimum Gasteiger partial charge on any atom is -0.459 e. The Bertz CT molecular complexity index is 522. The third-order valence-corrected chi connectivity index (χ3v) is 3.44. The number of nitrogens with zero attached hydrogens (tertiary/aromatic N) is 1. The molecule has 134 valence electrons. The van der Waals surface area contributed by atoms with E-state index in [1.54, 1.807) is 20.8 Å². The van der Waals surface area contributed by atoms with Gasteiger partial charge in [0, 0.05) is 6.54 Å². The maximum atomic E-state index is 12.3. The summed E-state index contributed by atoms with van der Waals surface area (Å²) in [6, 6.07) is 9.45. The van der Waals surface area contributed by atoms with Crippen LogP contribution < -0.4 is 0 Å². The van der Waals surface area contributed by atoms with Crippen LogP contribution in [0.25, 0.3) is 0 Å². The minimum atomic E-state index is -0.598. The van der Waals surface area contributed by atoms with Crippen LogP contribution >= 0.6 is 0 Å². The molecule has 0 saturated heterocycles. The Balaban J connectivity index is 2.62. The Morgan fingerprint density at radius 2 is 1.79 bits per heavy atom. The van der Waals surface area contributed by atoms with E-state index in [-0.39, 0.29) is 19.1 Å². The van der Waals surface area contributed by atoms with Crippen LogP contribution in [0.2, 0.25) is 0 Å². The number of carbonyl (C=O) groups excluding carboxylic acids is 2. The van der Waals surface area contributed by atoms with Crippen LogP contribution in [-0.2, 0) is 20.9 Å². The van der Waals surface area contributed by atoms with Crippen molar-refractivity contribution < 1.29 is 19.1 Å². The van der Waals surface area contributed by atoms with E-state index in [0.29, 0.717) is 6.54 Å². The summed E-state index contributed by atoms with van der Waals surface area (Å²) in [4.78, 5) is 25.8. The Hall–Kier alpha value is -2.04. The van der Waals surface area contributed by atoms with Crippen LogP contribution in [0.3, 0.4) is 0 Å². The second-order valence-electron chi connectivity index (χ2n) is 7.02. The van der Waals surface area contributed by atoms with Crippen molar-refractivity contribution in [3.05, 3.63) is 35.9 Å². The van der Waals surface area contributed by atoms with E-state index in [2.05, 4.69) is 0 Å². The number of rotatable bonds is 7. The van der Waals surface area contributed by atoms with Crippen molar-refractivity contribution in [3.63, 3.8) is 0 Å². The number of benzene rings is 1. The van der Waals surface area contributed by atoms with Gasteiger partial charge in [-0.05, 0) is 32.3 Å². The molecule has 0 N–H and O–H groups in total. The number of ether oxygens (including phenoxy) is 2. The third-order valence-electron chi connectivity index (χ3n) is 3.44. The summed E-state index contributed by atoms with van der Waals surface area (Å²) < 4.78 is 10.7. The number of hydrogen-bond donors (Lipinski definition) is 0. The summed E-state index contributed by atoms with van der Waals surface area (Å²) in [5.41, 5.74) is 0.315. The van der Waals surface area contributed by atoms with Crippen molar-refractivity contribution in [2.24, 2.45) is 5.92 Å². The Kier molecular flexibility index (Phi) is 7.75. The second-order valence-corrected chi connectivity index (χ2v) is 7.02. The van der Waals surface area contributed by atoms with Crippen LogP contribution in [0.5, 0.6) is 0 Å². The van der Waals surface area contributed by atoms with Gasteiger partial charge in [-0.25, -0.2) is 4.79 Å². The molecule has 0 aromatic heterocycles. The predicted octanol–water partition coefficient (Wildman–Crippen LogP) is 4.01. The highest BCUT2D eigenvalue weighted by Gasteiger charge is 2.25. The van der Waals surface area contributed by atoms with E-state index < -0.39 is 17.7 Å². The first-order valence-electron chi connectivity index (χ1n) is 8.38. The van der Waals surface area contributed by atoms with Crippen LogP contribution in [0.15, 0.2) is 30.3 Å². The van der Waals surface area contributed by atoms with Crippen LogP contribution in [0.1, 0.15) is 46.6 Å². The van der Waals surface area contributed by atoms with Gasteiger partial charge in [0.1, 0.15) is 18.8 Å². The summed E-state index contributed by atoms with van der Waals surface area (Å²) >= 11 is 0. The van der Waals surface area contributed by atoms with Gasteiger partial charge in [-0.3, -0.25) is 9.69 Å². The maximum Gasteiger partial charge on any atom is 0.410 e. The lowest BCUT2D eigenvalue weighted by atomic mass is 10.1. The van der Waals surface area contributed by atoms with Crippen molar-refractivity contribution in [1.29, 1.82) is 0 Å². The second kappa shape index (κ2) is 9.30. The molecule has 1 rings (SSSR count). The Labute approximate surface area is 144 Å². The van der Waals surface area contributed by atoms with Crippen molar-refractivity contribution in [2.75, 3.05) is 13.1 Å². The first-order chi connectivity index (χ1) is 11.2. The number of carbonyl (C=O) groups is 2. The monoisotopic (exact) mass is 335 g/mol. The van der Waals surface area contributed by atoms with E-state index >= 15 is 0 Å². The molecule has 0 aliphatic heterocycles. The molecule has 0 saturated carbocycles. The lowest BCUT2D eigenvalue weighted by Crippen LogP contribution is -2.42. The highest BCUT2D eigenvalue weighted by molar-refractivity contribution is 5.78. The average Bonchev–Trinajstić information content (AvgIpc) is 2.51. The van der Waals surface area contributed by atoms with Crippen molar-refractivity contribution in [1.82, 2.24) is 4.90 Å². The molecule has 0 aliphatic carbocycles. The molecule has 0 aliphatic rings. The van der Waals surface area contributed by atoms with Crippen LogP contribution in [0.4, 0.5) is 4.79 Å². The molecule has 0 heterocycles. The molecule has 0 radical (unpaired) electrons. The number of hydrogen-bond acceptors (Lipinski definition) is 4. The number of amides is 1. The van der Waals surface area contributed by atoms with E-state index in [1.165, 1.54) is 4.90 Å². The van der Waals surface area contributed by atoms with Gasteiger partial charge in [-0.15, -0.1) is 0 Å². The zero-order valence-corrected chi connectivity index (χ0v) is 15.4. The van der Waals surface area contributed by atoms with Gasteiger partial charge in [-0.1, -0.05) is 50.6 Å². The molecule has 1 amide bonds. The van der Waals surface area contributed by atoms with Gasteiger partial charge >= 0.3 is 12.1 Å². The fourth-order valence-electron chi connectivity index (χ4n) is 1.97. The summed E-state index contributed by atoms with van der Waals surface area (Å²) in [7, 11) is 0. The molecular weight excluding hydrogens is 306 g/mol. The zero-order valence-electron chi connectivity index (χ0n) is 15.4. The van der Waals surface area contributed by atoms with Crippen LogP contribution in [0, 0.1) is 5.92 Å². The fourth-order valence-corrected chi connectivity index (χ4v) is 1.97. The Morgan fingerprint density at radius 1 is 1.17 bits per heavy atom. The minimum absolute atomic E-state index is 0.105. The summed E-state index contributed by atoms with van der Waals surface area (Å²) in [6.45, 7) is 10.1. The third kappa shape index (κ3) is 7.99. The van der Waals surface area contributed by atoms with Gasteiger partial charge in [0.25, 0.3) is 0 Å². The molecular formula is C19H29NO4. The summed E-state index contributed by atoms with van der Waals surface area (Å²) in [5, 5.41) is 0. The van der Waals surface area contributed by atoms with Crippen molar-refractivity contribution >= 4 is 12.1 Å². The largest absolute Gasteiger partial charge is 0.459 e. The molecule has 5 heteroatoms. The quantitative estimate of drug-likeness (QED) is 0.706. The molecule has 0 bridgehead atoms.